The van der Waals surface area contributed by atoms with Crippen LogP contribution in [0.4, 0.5) is 0 Å². The molecule has 2 N–H and O–H groups in total. The van der Waals surface area contributed by atoms with Crippen LogP contribution < -0.4 is 18.9 Å². The number of aliphatic hydroxyl groups excluding tert-OH is 1. The van der Waals surface area contributed by atoms with Gasteiger partial charge >= 0.3 is 0 Å². The lowest BCUT2D eigenvalue weighted by atomic mass is 10.0. The Bertz CT molecular complexity index is 799. The van der Waals surface area contributed by atoms with Gasteiger partial charge in [0.1, 0.15) is 12.2 Å². The normalized spacial score (nSPS) is 13.3. The number of aromatic hydroxyl groups is 1. The van der Waals surface area contributed by atoms with Crippen LogP contribution in [0.15, 0.2) is 36.4 Å². The topological polar surface area (TPSA) is 77.4 Å². The summed E-state index contributed by atoms with van der Waals surface area (Å²) in [5, 5.41) is 20.8. The van der Waals surface area contributed by atoms with Gasteiger partial charge in [0, 0.05) is 0 Å². The fourth-order valence-corrected chi connectivity index (χ4v) is 2.75. The average molecular weight is 374 g/mol. The van der Waals surface area contributed by atoms with Gasteiger partial charge in [-0.1, -0.05) is 18.2 Å². The van der Waals surface area contributed by atoms with Gasteiger partial charge in [-0.3, -0.25) is 0 Å². The zero-order valence-corrected chi connectivity index (χ0v) is 16.2. The Morgan fingerprint density at radius 3 is 2.22 bits per heavy atom. The van der Waals surface area contributed by atoms with E-state index in [9.17, 15) is 10.2 Å². The maximum Gasteiger partial charge on any atom is 0.203 e. The van der Waals surface area contributed by atoms with Crippen molar-refractivity contribution in [2.24, 2.45) is 0 Å². The molecule has 0 unspecified atom stereocenters. The fraction of sp³-hybridized carbons (Fsp3) is 0.333. The number of hydrogen-bond donors (Lipinski definition) is 2. The van der Waals surface area contributed by atoms with E-state index in [0.29, 0.717) is 22.8 Å². The van der Waals surface area contributed by atoms with Crippen molar-refractivity contribution >= 4 is 6.08 Å². The number of rotatable bonds is 8. The van der Waals surface area contributed by atoms with Gasteiger partial charge in [-0.05, 0) is 49.2 Å². The molecule has 0 radical (unpaired) electrons. The smallest absolute Gasteiger partial charge is 0.203 e. The molecule has 0 aliphatic rings. The van der Waals surface area contributed by atoms with E-state index in [2.05, 4.69) is 0 Å². The molecule has 0 fully saturated rings. The molecule has 0 saturated heterocycles. The number of hydrogen-bond acceptors (Lipinski definition) is 6. The molecule has 0 aromatic heterocycles. The van der Waals surface area contributed by atoms with Crippen LogP contribution in [0.25, 0.3) is 6.08 Å². The van der Waals surface area contributed by atoms with Crippen LogP contribution in [-0.4, -0.2) is 37.6 Å². The molecule has 0 amide bonds. The van der Waals surface area contributed by atoms with Gasteiger partial charge in [-0.15, -0.1) is 0 Å². The van der Waals surface area contributed by atoms with Gasteiger partial charge in [0.2, 0.25) is 5.75 Å². The summed E-state index contributed by atoms with van der Waals surface area (Å²) in [6.07, 6.45) is 2.28. The monoisotopic (exact) mass is 374 g/mol. The Balaban J connectivity index is 2.25. The lowest BCUT2D eigenvalue weighted by Crippen LogP contribution is -2.22. The Morgan fingerprint density at radius 2 is 1.63 bits per heavy atom. The zero-order valence-electron chi connectivity index (χ0n) is 16.2. The third kappa shape index (κ3) is 4.65. The van der Waals surface area contributed by atoms with Crippen LogP contribution in [0, 0.1) is 0 Å². The summed E-state index contributed by atoms with van der Waals surface area (Å²) in [5.74, 6) is 1.50. The molecular weight excluding hydrogens is 348 g/mol. The second-order valence-electron chi connectivity index (χ2n) is 5.95. The van der Waals surface area contributed by atoms with Crippen LogP contribution >= 0.6 is 0 Å². The first-order chi connectivity index (χ1) is 12.9. The number of allylic oxidation sites excluding steroid dienone is 1. The molecule has 0 heterocycles. The summed E-state index contributed by atoms with van der Waals surface area (Å²) >= 11 is 0. The van der Waals surface area contributed by atoms with Crippen LogP contribution in [-0.2, 0) is 0 Å². The Hall–Kier alpha value is -2.86. The summed E-state index contributed by atoms with van der Waals surface area (Å²) in [6.45, 7) is 3.67. The van der Waals surface area contributed by atoms with Crippen molar-refractivity contribution in [3.8, 4) is 28.7 Å². The second kappa shape index (κ2) is 9.19. The number of phenolic OH excluding ortho intramolecular Hbond substituents is 1. The van der Waals surface area contributed by atoms with Crippen molar-refractivity contribution in [1.29, 1.82) is 0 Å². The van der Waals surface area contributed by atoms with Crippen LogP contribution in [0.2, 0.25) is 0 Å². The first kappa shape index (κ1) is 20.5. The van der Waals surface area contributed by atoms with Crippen molar-refractivity contribution < 1.29 is 29.2 Å². The summed E-state index contributed by atoms with van der Waals surface area (Å²) in [4.78, 5) is 0. The van der Waals surface area contributed by atoms with Gasteiger partial charge in [-0.25, -0.2) is 0 Å². The molecule has 6 heteroatoms. The standard InChI is InChI=1S/C21H26O6/c1-6-7-14-8-9-17(18(10-14)24-3)27-13(2)20(23)15-11-16(22)21(26-5)19(12-15)25-4/h6-13,20,22-23H,1-5H3/b7-6+/t13-,20-/m1/s1. The summed E-state index contributed by atoms with van der Waals surface area (Å²) in [6, 6.07) is 8.59. The molecule has 0 spiro atoms. The Labute approximate surface area is 159 Å². The summed E-state index contributed by atoms with van der Waals surface area (Å²) in [7, 11) is 4.46. The molecule has 2 atom stereocenters. The zero-order chi connectivity index (χ0) is 20.0. The van der Waals surface area contributed by atoms with E-state index in [0.717, 1.165) is 5.56 Å². The fourth-order valence-electron chi connectivity index (χ4n) is 2.75. The first-order valence-corrected chi connectivity index (χ1v) is 8.55. The molecule has 2 aromatic rings. The molecule has 27 heavy (non-hydrogen) atoms. The van der Waals surface area contributed by atoms with Gasteiger partial charge in [0.25, 0.3) is 0 Å². The van der Waals surface area contributed by atoms with Gasteiger partial charge in [0.05, 0.1) is 21.3 Å². The molecule has 0 saturated carbocycles. The number of phenols is 1. The predicted molar refractivity (Wildman–Crippen MR) is 104 cm³/mol. The average Bonchev–Trinajstić information content (AvgIpc) is 2.67. The maximum atomic E-state index is 10.7. The highest BCUT2D eigenvalue weighted by molar-refractivity contribution is 5.56. The minimum absolute atomic E-state index is 0.119. The SMILES string of the molecule is C/C=C/c1ccc(O[C@H](C)[C@@H](O)c2cc(O)c(OC)c(OC)c2)c(OC)c1. The minimum Gasteiger partial charge on any atom is -0.504 e. The summed E-state index contributed by atoms with van der Waals surface area (Å²) < 4.78 is 21.6. The van der Waals surface area contributed by atoms with E-state index in [4.69, 9.17) is 18.9 Å². The van der Waals surface area contributed by atoms with E-state index in [1.165, 1.54) is 20.3 Å². The Morgan fingerprint density at radius 1 is 0.926 bits per heavy atom. The molecule has 0 aliphatic heterocycles. The van der Waals surface area contributed by atoms with Crippen molar-refractivity contribution in [2.75, 3.05) is 21.3 Å². The summed E-state index contributed by atoms with van der Waals surface area (Å²) in [5.41, 5.74) is 1.43. The molecule has 0 bridgehead atoms. The maximum absolute atomic E-state index is 10.7. The predicted octanol–water partition coefficient (Wildman–Crippen LogP) is 3.95. The van der Waals surface area contributed by atoms with Crippen molar-refractivity contribution in [3.63, 3.8) is 0 Å². The molecule has 2 rings (SSSR count). The highest BCUT2D eigenvalue weighted by Gasteiger charge is 2.23. The molecule has 2 aromatic carbocycles. The second-order valence-corrected chi connectivity index (χ2v) is 5.95. The number of methoxy groups -OCH3 is 3. The number of benzene rings is 2. The van der Waals surface area contributed by atoms with Crippen LogP contribution in [0.1, 0.15) is 31.1 Å². The van der Waals surface area contributed by atoms with Crippen molar-refractivity contribution in [3.05, 3.63) is 47.5 Å². The molecule has 6 nitrogen and oxygen atoms in total. The van der Waals surface area contributed by atoms with Gasteiger partial charge in [0.15, 0.2) is 23.0 Å². The quantitative estimate of drug-likeness (QED) is 0.728. The van der Waals surface area contributed by atoms with Crippen LogP contribution in [0.3, 0.4) is 0 Å². The minimum atomic E-state index is -1.00. The molecule has 0 aliphatic carbocycles. The number of ether oxygens (including phenoxy) is 4. The lowest BCUT2D eigenvalue weighted by molar-refractivity contribution is 0.0448. The largest absolute Gasteiger partial charge is 0.504 e. The highest BCUT2D eigenvalue weighted by atomic mass is 16.5. The van der Waals surface area contributed by atoms with Crippen molar-refractivity contribution in [1.82, 2.24) is 0 Å². The highest BCUT2D eigenvalue weighted by Crippen LogP contribution is 2.40. The third-order valence-corrected chi connectivity index (χ3v) is 4.13. The molecule has 146 valence electrons. The first-order valence-electron chi connectivity index (χ1n) is 8.55. The Kier molecular flexibility index (Phi) is 6.96. The van der Waals surface area contributed by atoms with Gasteiger partial charge < -0.3 is 29.2 Å². The molecular formula is C21H26O6. The van der Waals surface area contributed by atoms with E-state index in [1.54, 1.807) is 26.2 Å². The number of aliphatic hydroxyl groups is 1. The van der Waals surface area contributed by atoms with E-state index >= 15 is 0 Å². The van der Waals surface area contributed by atoms with Gasteiger partial charge in [-0.2, -0.15) is 0 Å². The third-order valence-electron chi connectivity index (χ3n) is 4.13. The lowest BCUT2D eigenvalue weighted by Gasteiger charge is -2.23. The van der Waals surface area contributed by atoms with E-state index in [1.807, 2.05) is 31.2 Å². The van der Waals surface area contributed by atoms with Crippen molar-refractivity contribution in [2.45, 2.75) is 26.1 Å². The van der Waals surface area contributed by atoms with E-state index < -0.39 is 12.2 Å². The van der Waals surface area contributed by atoms with E-state index in [-0.39, 0.29) is 11.5 Å². The van der Waals surface area contributed by atoms with Crippen LogP contribution in [0.5, 0.6) is 28.7 Å².